The summed E-state index contributed by atoms with van der Waals surface area (Å²) < 4.78 is 5.13. The SMILES string of the molecule is C=C(CCNC(=O)Oc1ccccc1SC)C(=O)O. The number of hydrogen-bond acceptors (Lipinski definition) is 4. The number of carboxylic acid groups (broad SMARTS) is 1. The van der Waals surface area contributed by atoms with Crippen LogP contribution in [-0.2, 0) is 4.79 Å². The Morgan fingerprint density at radius 2 is 2.11 bits per heavy atom. The summed E-state index contributed by atoms with van der Waals surface area (Å²) in [5.41, 5.74) is 0.0461. The third-order valence-electron chi connectivity index (χ3n) is 2.27. The van der Waals surface area contributed by atoms with E-state index in [0.29, 0.717) is 5.75 Å². The van der Waals surface area contributed by atoms with Crippen LogP contribution in [0, 0.1) is 0 Å². The molecule has 0 fully saturated rings. The molecule has 0 aliphatic heterocycles. The first-order valence-corrected chi connectivity index (χ1v) is 6.77. The molecule has 1 aromatic rings. The lowest BCUT2D eigenvalue weighted by Gasteiger charge is -2.09. The number of benzene rings is 1. The molecule has 0 radical (unpaired) electrons. The maximum Gasteiger partial charge on any atom is 0.412 e. The summed E-state index contributed by atoms with van der Waals surface area (Å²) in [4.78, 5) is 22.9. The molecule has 0 aliphatic carbocycles. The Bertz CT molecular complexity index is 487. The van der Waals surface area contributed by atoms with Crippen molar-refractivity contribution in [1.29, 1.82) is 0 Å². The minimum absolute atomic E-state index is 0.0461. The lowest BCUT2D eigenvalue weighted by atomic mass is 10.2. The molecular formula is C13H15NO4S. The Hall–Kier alpha value is -1.95. The number of rotatable bonds is 6. The highest BCUT2D eigenvalue weighted by molar-refractivity contribution is 7.98. The van der Waals surface area contributed by atoms with Gasteiger partial charge in [0.2, 0.25) is 0 Å². The van der Waals surface area contributed by atoms with Gasteiger partial charge in [0.05, 0.1) is 0 Å². The number of carbonyl (C=O) groups excluding carboxylic acids is 1. The van der Waals surface area contributed by atoms with Crippen molar-refractivity contribution >= 4 is 23.8 Å². The largest absolute Gasteiger partial charge is 0.478 e. The van der Waals surface area contributed by atoms with Crippen LogP contribution in [0.2, 0.25) is 0 Å². The van der Waals surface area contributed by atoms with Crippen molar-refractivity contribution in [2.75, 3.05) is 12.8 Å². The van der Waals surface area contributed by atoms with Gasteiger partial charge in [0.1, 0.15) is 5.75 Å². The number of ether oxygens (including phenoxy) is 1. The van der Waals surface area contributed by atoms with Gasteiger partial charge in [-0.25, -0.2) is 9.59 Å². The average molecular weight is 281 g/mol. The zero-order chi connectivity index (χ0) is 14.3. The van der Waals surface area contributed by atoms with Crippen molar-refractivity contribution in [3.63, 3.8) is 0 Å². The maximum atomic E-state index is 11.5. The molecule has 0 unspecified atom stereocenters. The molecule has 0 aliphatic rings. The highest BCUT2D eigenvalue weighted by Gasteiger charge is 2.09. The predicted octanol–water partition coefficient (Wildman–Crippen LogP) is 2.53. The second kappa shape index (κ2) is 7.48. The van der Waals surface area contributed by atoms with Gasteiger partial charge in [-0.2, -0.15) is 0 Å². The topological polar surface area (TPSA) is 75.6 Å². The molecule has 1 aromatic carbocycles. The zero-order valence-electron chi connectivity index (χ0n) is 10.5. The lowest BCUT2D eigenvalue weighted by molar-refractivity contribution is -0.132. The highest BCUT2D eigenvalue weighted by atomic mass is 32.2. The fourth-order valence-corrected chi connectivity index (χ4v) is 1.79. The van der Waals surface area contributed by atoms with Crippen molar-refractivity contribution < 1.29 is 19.4 Å². The van der Waals surface area contributed by atoms with Gasteiger partial charge in [-0.15, -0.1) is 11.8 Å². The lowest BCUT2D eigenvalue weighted by Crippen LogP contribution is -2.28. The van der Waals surface area contributed by atoms with E-state index >= 15 is 0 Å². The van der Waals surface area contributed by atoms with E-state index in [9.17, 15) is 9.59 Å². The summed E-state index contributed by atoms with van der Waals surface area (Å²) in [7, 11) is 0. The monoisotopic (exact) mass is 281 g/mol. The molecule has 0 saturated heterocycles. The molecule has 5 nitrogen and oxygen atoms in total. The molecule has 0 atom stereocenters. The summed E-state index contributed by atoms with van der Waals surface area (Å²) in [6, 6.07) is 7.17. The van der Waals surface area contributed by atoms with Gasteiger partial charge in [-0.3, -0.25) is 0 Å². The first-order chi connectivity index (χ1) is 9.04. The molecule has 102 valence electrons. The molecule has 0 bridgehead atoms. The molecule has 1 amide bonds. The van der Waals surface area contributed by atoms with Gasteiger partial charge < -0.3 is 15.2 Å². The number of thioether (sulfide) groups is 1. The Labute approximate surface area is 115 Å². The number of aliphatic carboxylic acids is 1. The van der Waals surface area contributed by atoms with E-state index in [2.05, 4.69) is 11.9 Å². The number of para-hydroxylation sites is 1. The van der Waals surface area contributed by atoms with Gasteiger partial charge in [-0.1, -0.05) is 18.7 Å². The molecule has 19 heavy (non-hydrogen) atoms. The van der Waals surface area contributed by atoms with Crippen molar-refractivity contribution in [3.8, 4) is 5.75 Å². The Morgan fingerprint density at radius 1 is 1.42 bits per heavy atom. The summed E-state index contributed by atoms with van der Waals surface area (Å²) in [6.45, 7) is 3.54. The van der Waals surface area contributed by atoms with Crippen LogP contribution in [-0.4, -0.2) is 30.0 Å². The van der Waals surface area contributed by atoms with Crippen LogP contribution >= 0.6 is 11.8 Å². The second-order valence-corrected chi connectivity index (χ2v) is 4.47. The zero-order valence-corrected chi connectivity index (χ0v) is 11.3. The molecule has 0 heterocycles. The van der Waals surface area contributed by atoms with E-state index in [4.69, 9.17) is 9.84 Å². The first-order valence-electron chi connectivity index (χ1n) is 5.54. The van der Waals surface area contributed by atoms with E-state index in [1.807, 2.05) is 18.4 Å². The maximum absolute atomic E-state index is 11.5. The van der Waals surface area contributed by atoms with Gasteiger partial charge >= 0.3 is 12.1 Å². The quantitative estimate of drug-likeness (QED) is 0.619. The normalized spacial score (nSPS) is 9.74. The number of carbonyl (C=O) groups is 2. The summed E-state index contributed by atoms with van der Waals surface area (Å²) in [6.07, 6.45) is 1.45. The summed E-state index contributed by atoms with van der Waals surface area (Å²) in [5, 5.41) is 11.1. The molecular weight excluding hydrogens is 266 g/mol. The smallest absolute Gasteiger partial charge is 0.412 e. The molecule has 1 rings (SSSR count). The van der Waals surface area contributed by atoms with Crippen molar-refractivity contribution in [2.45, 2.75) is 11.3 Å². The Morgan fingerprint density at radius 3 is 2.74 bits per heavy atom. The molecule has 6 heteroatoms. The van der Waals surface area contributed by atoms with Crippen LogP contribution in [0.5, 0.6) is 5.75 Å². The van der Waals surface area contributed by atoms with Crippen molar-refractivity contribution in [3.05, 3.63) is 36.4 Å². The third kappa shape index (κ3) is 5.05. The van der Waals surface area contributed by atoms with Crippen LogP contribution in [0.1, 0.15) is 6.42 Å². The fraction of sp³-hybridized carbons (Fsp3) is 0.231. The van der Waals surface area contributed by atoms with Gasteiger partial charge in [0.25, 0.3) is 0 Å². The molecule has 0 spiro atoms. The van der Waals surface area contributed by atoms with Crippen LogP contribution in [0.25, 0.3) is 0 Å². The Balaban J connectivity index is 2.43. The minimum atomic E-state index is -1.07. The Kier molecular flexibility index (Phi) is 5.95. The van der Waals surface area contributed by atoms with Gasteiger partial charge in [-0.05, 0) is 24.8 Å². The third-order valence-corrected chi connectivity index (χ3v) is 3.05. The van der Waals surface area contributed by atoms with Gasteiger partial charge in [0.15, 0.2) is 0 Å². The van der Waals surface area contributed by atoms with E-state index in [0.717, 1.165) is 4.90 Å². The molecule has 0 saturated carbocycles. The number of amides is 1. The standard InChI is InChI=1S/C13H15NO4S/c1-9(12(15)16)7-8-14-13(17)18-10-5-3-4-6-11(10)19-2/h3-6H,1,7-8H2,2H3,(H,14,17)(H,15,16). The minimum Gasteiger partial charge on any atom is -0.478 e. The molecule has 0 aromatic heterocycles. The number of carboxylic acids is 1. The van der Waals surface area contributed by atoms with Crippen molar-refractivity contribution in [2.24, 2.45) is 0 Å². The van der Waals surface area contributed by atoms with Crippen molar-refractivity contribution in [1.82, 2.24) is 5.32 Å². The van der Waals surface area contributed by atoms with Crippen LogP contribution in [0.15, 0.2) is 41.3 Å². The summed E-state index contributed by atoms with van der Waals surface area (Å²) >= 11 is 1.47. The number of nitrogens with one attached hydrogen (secondary N) is 1. The number of hydrogen-bond donors (Lipinski definition) is 2. The highest BCUT2D eigenvalue weighted by Crippen LogP contribution is 2.26. The predicted molar refractivity (Wildman–Crippen MR) is 73.6 cm³/mol. The molecule has 2 N–H and O–H groups in total. The fourth-order valence-electron chi connectivity index (χ4n) is 1.26. The van der Waals surface area contributed by atoms with Gasteiger partial charge in [0, 0.05) is 17.0 Å². The van der Waals surface area contributed by atoms with E-state index in [1.165, 1.54) is 11.8 Å². The second-order valence-electron chi connectivity index (χ2n) is 3.63. The summed E-state index contributed by atoms with van der Waals surface area (Å²) in [5.74, 6) is -0.590. The first kappa shape index (κ1) is 15.1. The van der Waals surface area contributed by atoms with Crippen LogP contribution in [0.3, 0.4) is 0 Å². The van der Waals surface area contributed by atoms with E-state index in [1.54, 1.807) is 12.1 Å². The van der Waals surface area contributed by atoms with E-state index in [-0.39, 0.29) is 18.5 Å². The van der Waals surface area contributed by atoms with E-state index < -0.39 is 12.1 Å². The van der Waals surface area contributed by atoms with Crippen LogP contribution in [0.4, 0.5) is 4.79 Å². The van der Waals surface area contributed by atoms with Crippen LogP contribution < -0.4 is 10.1 Å². The average Bonchev–Trinajstić information content (AvgIpc) is 2.39.